The van der Waals surface area contributed by atoms with Crippen molar-refractivity contribution in [2.45, 2.75) is 18.7 Å². The van der Waals surface area contributed by atoms with Crippen LogP contribution in [-0.2, 0) is 10.0 Å². The molecule has 28 heavy (non-hydrogen) atoms. The molecule has 3 aromatic carbocycles. The molecule has 0 aliphatic rings. The Morgan fingerprint density at radius 2 is 1.64 bits per heavy atom. The Balaban J connectivity index is 1.78. The third kappa shape index (κ3) is 4.50. The Labute approximate surface area is 163 Å². The molecular formula is C21H19NO5S. The van der Waals surface area contributed by atoms with Crippen molar-refractivity contribution in [3.63, 3.8) is 0 Å². The van der Waals surface area contributed by atoms with E-state index in [0.29, 0.717) is 22.7 Å². The van der Waals surface area contributed by atoms with Crippen LogP contribution < -0.4 is 9.46 Å². The third-order valence-corrected chi connectivity index (χ3v) is 5.46. The van der Waals surface area contributed by atoms with Gasteiger partial charge in [-0.25, -0.2) is 13.2 Å². The highest BCUT2D eigenvalue weighted by Crippen LogP contribution is 2.25. The summed E-state index contributed by atoms with van der Waals surface area (Å²) >= 11 is 0. The molecule has 144 valence electrons. The van der Waals surface area contributed by atoms with Crippen LogP contribution in [-0.4, -0.2) is 19.5 Å². The first-order chi connectivity index (χ1) is 13.2. The summed E-state index contributed by atoms with van der Waals surface area (Å²) in [5.41, 5.74) is 1.85. The van der Waals surface area contributed by atoms with Gasteiger partial charge in [-0.1, -0.05) is 18.2 Å². The summed E-state index contributed by atoms with van der Waals surface area (Å²) < 4.78 is 33.3. The number of hydrogen-bond acceptors (Lipinski definition) is 4. The van der Waals surface area contributed by atoms with Gasteiger partial charge < -0.3 is 9.84 Å². The van der Waals surface area contributed by atoms with Gasteiger partial charge in [0.15, 0.2) is 0 Å². The highest BCUT2D eigenvalue weighted by Gasteiger charge is 2.18. The SMILES string of the molecule is Cc1cccc(Oc2ccc(NS(=O)(=O)c3ccc(C)c(C(=O)O)c3)cc2)c1. The van der Waals surface area contributed by atoms with Gasteiger partial charge in [-0.3, -0.25) is 4.72 Å². The van der Waals surface area contributed by atoms with E-state index in [-0.39, 0.29) is 10.5 Å². The molecule has 0 spiro atoms. The topological polar surface area (TPSA) is 92.7 Å². The Hall–Kier alpha value is -3.32. The molecule has 7 heteroatoms. The zero-order valence-electron chi connectivity index (χ0n) is 15.3. The molecule has 0 bridgehead atoms. The molecule has 0 aliphatic carbocycles. The Morgan fingerprint density at radius 1 is 0.929 bits per heavy atom. The molecule has 0 aliphatic heterocycles. The van der Waals surface area contributed by atoms with Crippen molar-refractivity contribution >= 4 is 21.7 Å². The van der Waals surface area contributed by atoms with Gasteiger partial charge in [0.25, 0.3) is 10.0 Å². The maximum absolute atomic E-state index is 12.6. The number of nitrogens with one attached hydrogen (secondary N) is 1. The zero-order valence-corrected chi connectivity index (χ0v) is 16.2. The summed E-state index contributed by atoms with van der Waals surface area (Å²) in [5, 5.41) is 9.19. The van der Waals surface area contributed by atoms with Crippen LogP contribution in [0.4, 0.5) is 5.69 Å². The zero-order chi connectivity index (χ0) is 20.3. The molecule has 0 saturated heterocycles. The molecule has 3 rings (SSSR count). The molecule has 0 heterocycles. The standard InChI is InChI=1S/C21H19NO5S/c1-14-4-3-5-18(12-14)27-17-9-7-16(8-10-17)22-28(25,26)19-11-6-15(2)20(13-19)21(23)24/h3-13,22H,1-2H3,(H,23,24). The van der Waals surface area contributed by atoms with Gasteiger partial charge >= 0.3 is 5.97 Å². The first-order valence-corrected chi connectivity index (χ1v) is 9.94. The number of rotatable bonds is 6. The Morgan fingerprint density at radius 3 is 2.29 bits per heavy atom. The number of sulfonamides is 1. The molecule has 0 fully saturated rings. The van der Waals surface area contributed by atoms with Crippen LogP contribution in [0.5, 0.6) is 11.5 Å². The second-order valence-corrected chi connectivity index (χ2v) is 8.01. The normalized spacial score (nSPS) is 11.1. The number of anilines is 1. The number of carboxylic acid groups (broad SMARTS) is 1. The van der Waals surface area contributed by atoms with Crippen molar-refractivity contribution in [1.82, 2.24) is 0 Å². The van der Waals surface area contributed by atoms with Crippen molar-refractivity contribution in [3.05, 3.63) is 83.4 Å². The monoisotopic (exact) mass is 397 g/mol. The van der Waals surface area contributed by atoms with Crippen molar-refractivity contribution in [3.8, 4) is 11.5 Å². The fourth-order valence-electron chi connectivity index (χ4n) is 2.62. The minimum atomic E-state index is -3.92. The van der Waals surface area contributed by atoms with Gasteiger partial charge in [0.1, 0.15) is 11.5 Å². The third-order valence-electron chi connectivity index (χ3n) is 4.08. The lowest BCUT2D eigenvalue weighted by Crippen LogP contribution is -2.14. The van der Waals surface area contributed by atoms with E-state index in [1.165, 1.54) is 12.1 Å². The molecule has 0 unspecified atom stereocenters. The lowest BCUT2D eigenvalue weighted by atomic mass is 10.1. The van der Waals surface area contributed by atoms with Gasteiger partial charge in [0.2, 0.25) is 0 Å². The molecule has 6 nitrogen and oxygen atoms in total. The van der Waals surface area contributed by atoms with Crippen LogP contribution >= 0.6 is 0 Å². The minimum absolute atomic E-state index is 0.0511. The highest BCUT2D eigenvalue weighted by molar-refractivity contribution is 7.92. The molecule has 0 aromatic heterocycles. The number of benzene rings is 3. The predicted octanol–water partition coefficient (Wildman–Crippen LogP) is 4.59. The van der Waals surface area contributed by atoms with Crippen LogP contribution in [0.2, 0.25) is 0 Å². The average Bonchev–Trinajstić information content (AvgIpc) is 2.63. The smallest absolute Gasteiger partial charge is 0.335 e. The summed E-state index contributed by atoms with van der Waals surface area (Å²) in [7, 11) is -3.92. The summed E-state index contributed by atoms with van der Waals surface area (Å²) in [6.45, 7) is 3.58. The van der Waals surface area contributed by atoms with Crippen molar-refractivity contribution in [2.24, 2.45) is 0 Å². The van der Waals surface area contributed by atoms with Gasteiger partial charge in [0.05, 0.1) is 10.5 Å². The second kappa shape index (κ2) is 7.74. The molecule has 3 aromatic rings. The average molecular weight is 397 g/mol. The molecule has 0 atom stereocenters. The van der Waals surface area contributed by atoms with Crippen molar-refractivity contribution in [2.75, 3.05) is 4.72 Å². The first kappa shape index (κ1) is 19.4. The van der Waals surface area contributed by atoms with E-state index in [9.17, 15) is 18.3 Å². The van der Waals surface area contributed by atoms with Gasteiger partial charge in [-0.15, -0.1) is 0 Å². The maximum Gasteiger partial charge on any atom is 0.335 e. The number of aromatic carboxylic acids is 1. The number of aryl methyl sites for hydroxylation is 2. The first-order valence-electron chi connectivity index (χ1n) is 8.46. The summed E-state index contributed by atoms with van der Waals surface area (Å²) in [4.78, 5) is 11.1. The quantitative estimate of drug-likeness (QED) is 0.634. The number of carboxylic acids is 1. The minimum Gasteiger partial charge on any atom is -0.478 e. The Kier molecular flexibility index (Phi) is 5.37. The number of carbonyl (C=O) groups is 1. The van der Waals surface area contributed by atoms with E-state index in [1.807, 2.05) is 31.2 Å². The van der Waals surface area contributed by atoms with Crippen molar-refractivity contribution < 1.29 is 23.1 Å². The Bertz CT molecular complexity index is 1120. The van der Waals surface area contributed by atoms with E-state index in [0.717, 1.165) is 11.6 Å². The summed E-state index contributed by atoms with van der Waals surface area (Å²) in [6, 6.07) is 18.0. The maximum atomic E-state index is 12.6. The highest BCUT2D eigenvalue weighted by atomic mass is 32.2. The van der Waals surface area contributed by atoms with Crippen molar-refractivity contribution in [1.29, 1.82) is 0 Å². The van der Waals surface area contributed by atoms with E-state index in [4.69, 9.17) is 4.74 Å². The lowest BCUT2D eigenvalue weighted by Gasteiger charge is -2.11. The van der Waals surface area contributed by atoms with Gasteiger partial charge in [-0.05, 0) is 73.5 Å². The summed E-state index contributed by atoms with van der Waals surface area (Å²) in [6.07, 6.45) is 0. The molecule has 0 amide bonds. The van der Waals surface area contributed by atoms with E-state index in [1.54, 1.807) is 31.2 Å². The largest absolute Gasteiger partial charge is 0.478 e. The molecular weight excluding hydrogens is 378 g/mol. The summed E-state index contributed by atoms with van der Waals surface area (Å²) in [5.74, 6) is 0.0819. The molecule has 0 saturated carbocycles. The molecule has 0 radical (unpaired) electrons. The lowest BCUT2D eigenvalue weighted by molar-refractivity contribution is 0.0696. The van der Waals surface area contributed by atoms with Gasteiger partial charge in [0, 0.05) is 5.69 Å². The number of hydrogen-bond donors (Lipinski definition) is 2. The second-order valence-electron chi connectivity index (χ2n) is 6.33. The number of ether oxygens (including phenoxy) is 1. The van der Waals surface area contributed by atoms with Gasteiger partial charge in [-0.2, -0.15) is 0 Å². The van der Waals surface area contributed by atoms with Crippen LogP contribution in [0.25, 0.3) is 0 Å². The van der Waals surface area contributed by atoms with Crippen LogP contribution in [0.3, 0.4) is 0 Å². The molecule has 2 N–H and O–H groups in total. The van der Waals surface area contributed by atoms with E-state index in [2.05, 4.69) is 4.72 Å². The van der Waals surface area contributed by atoms with E-state index >= 15 is 0 Å². The van der Waals surface area contributed by atoms with Crippen LogP contribution in [0, 0.1) is 13.8 Å². The van der Waals surface area contributed by atoms with E-state index < -0.39 is 16.0 Å². The van der Waals surface area contributed by atoms with Crippen LogP contribution in [0.1, 0.15) is 21.5 Å². The van der Waals surface area contributed by atoms with Crippen LogP contribution in [0.15, 0.2) is 71.6 Å². The fourth-order valence-corrected chi connectivity index (χ4v) is 3.70. The predicted molar refractivity (Wildman–Crippen MR) is 107 cm³/mol. The fraction of sp³-hybridized carbons (Fsp3) is 0.0952.